The summed E-state index contributed by atoms with van der Waals surface area (Å²) in [4.78, 5) is 29.2. The van der Waals surface area contributed by atoms with E-state index in [1.807, 2.05) is 36.8 Å². The van der Waals surface area contributed by atoms with Gasteiger partial charge in [-0.05, 0) is 28.8 Å². The normalized spacial score (nSPS) is 13.1. The number of carbonyl (C=O) groups is 2. The van der Waals surface area contributed by atoms with Gasteiger partial charge in [0, 0.05) is 22.9 Å². The third-order valence-corrected chi connectivity index (χ3v) is 6.78. The summed E-state index contributed by atoms with van der Waals surface area (Å²) in [7, 11) is 0. The molecule has 0 aliphatic heterocycles. The van der Waals surface area contributed by atoms with Gasteiger partial charge in [-0.2, -0.15) is 0 Å². The van der Waals surface area contributed by atoms with Crippen molar-refractivity contribution in [2.45, 2.75) is 12.0 Å². The Bertz CT molecular complexity index is 1440. The largest absolute Gasteiger partial charge is 0.318 e. The fraction of sp³-hybridized carbons (Fsp3) is 0.0645. The molecule has 4 heteroatoms. The number of nitrogens with zero attached hydrogens (tertiary/aromatic N) is 2. The molecule has 0 atom stereocenters. The SMILES string of the molecule is O=C1CC(=O)c2cc(-c3cn(C(c4ccccc4)(c4ccccc4)c4ccccc4)cn3)ccc21. The maximum atomic E-state index is 12.3. The van der Waals surface area contributed by atoms with Crippen molar-refractivity contribution in [3.05, 3.63) is 150 Å². The Morgan fingerprint density at radius 1 is 0.629 bits per heavy atom. The van der Waals surface area contributed by atoms with Crippen LogP contribution in [-0.2, 0) is 5.54 Å². The average molecular weight is 455 g/mol. The van der Waals surface area contributed by atoms with Crippen LogP contribution in [0, 0.1) is 0 Å². The molecule has 0 saturated carbocycles. The van der Waals surface area contributed by atoms with Crippen molar-refractivity contribution in [1.29, 1.82) is 0 Å². The van der Waals surface area contributed by atoms with Crippen LogP contribution in [-0.4, -0.2) is 21.1 Å². The van der Waals surface area contributed by atoms with E-state index in [4.69, 9.17) is 4.98 Å². The Hall–Kier alpha value is -4.57. The average Bonchev–Trinajstić information content (AvgIpc) is 3.51. The standard InChI is InChI=1S/C31H22N2O2/c34-29-19-30(35)27-18-22(16-17-26(27)29)28-20-33(21-32-28)31(23-10-4-1-5-11-23,24-12-6-2-7-13-24)25-14-8-3-9-15-25/h1-18,20-21H,19H2. The summed E-state index contributed by atoms with van der Waals surface area (Å²) in [5, 5.41) is 0. The lowest BCUT2D eigenvalue weighted by Gasteiger charge is -2.37. The van der Waals surface area contributed by atoms with E-state index in [0.717, 1.165) is 27.9 Å². The van der Waals surface area contributed by atoms with Crippen molar-refractivity contribution in [3.63, 3.8) is 0 Å². The molecule has 0 spiro atoms. The van der Waals surface area contributed by atoms with E-state index in [0.29, 0.717) is 11.1 Å². The van der Waals surface area contributed by atoms with E-state index in [9.17, 15) is 9.59 Å². The van der Waals surface area contributed by atoms with Gasteiger partial charge in [0.1, 0.15) is 5.54 Å². The zero-order valence-electron chi connectivity index (χ0n) is 19.0. The minimum Gasteiger partial charge on any atom is -0.318 e. The molecular weight excluding hydrogens is 432 g/mol. The fourth-order valence-electron chi connectivity index (χ4n) is 5.15. The molecule has 1 aliphatic carbocycles. The minimum atomic E-state index is -0.655. The summed E-state index contributed by atoms with van der Waals surface area (Å²) >= 11 is 0. The second-order valence-corrected chi connectivity index (χ2v) is 8.76. The first-order valence-electron chi connectivity index (χ1n) is 11.6. The Balaban J connectivity index is 1.59. The van der Waals surface area contributed by atoms with Gasteiger partial charge in [0.2, 0.25) is 0 Å². The molecule has 1 heterocycles. The molecule has 168 valence electrons. The van der Waals surface area contributed by atoms with Crippen LogP contribution in [0.4, 0.5) is 0 Å². The molecule has 1 aliphatic rings. The highest BCUT2D eigenvalue weighted by Gasteiger charge is 2.38. The number of aromatic nitrogens is 2. The highest BCUT2D eigenvalue weighted by molar-refractivity contribution is 6.24. The number of imidazole rings is 1. The molecule has 0 bridgehead atoms. The summed E-state index contributed by atoms with van der Waals surface area (Å²) in [5.74, 6) is -0.239. The Morgan fingerprint density at radius 3 is 1.69 bits per heavy atom. The van der Waals surface area contributed by atoms with Gasteiger partial charge in [-0.3, -0.25) is 9.59 Å². The predicted molar refractivity (Wildman–Crippen MR) is 136 cm³/mol. The molecule has 0 radical (unpaired) electrons. The van der Waals surface area contributed by atoms with E-state index in [2.05, 4.69) is 77.4 Å². The van der Waals surface area contributed by atoms with Crippen molar-refractivity contribution in [2.24, 2.45) is 0 Å². The van der Waals surface area contributed by atoms with E-state index in [1.165, 1.54) is 0 Å². The smallest absolute Gasteiger partial charge is 0.171 e. The molecule has 4 aromatic carbocycles. The molecule has 4 nitrogen and oxygen atoms in total. The summed E-state index contributed by atoms with van der Waals surface area (Å²) in [6, 6.07) is 36.6. The highest BCUT2D eigenvalue weighted by Crippen LogP contribution is 2.41. The van der Waals surface area contributed by atoms with Gasteiger partial charge in [0.15, 0.2) is 11.6 Å². The van der Waals surface area contributed by atoms with Crippen LogP contribution in [0.1, 0.15) is 43.8 Å². The lowest BCUT2D eigenvalue weighted by molar-refractivity contribution is 0.0923. The summed E-state index contributed by atoms with van der Waals surface area (Å²) in [6.07, 6.45) is 3.82. The molecule has 0 fully saturated rings. The number of ketones is 2. The molecule has 35 heavy (non-hydrogen) atoms. The molecular formula is C31H22N2O2. The molecule has 1 aromatic heterocycles. The monoisotopic (exact) mass is 454 g/mol. The molecule has 0 amide bonds. The number of hydrogen-bond acceptors (Lipinski definition) is 3. The zero-order chi connectivity index (χ0) is 23.8. The first-order chi connectivity index (χ1) is 17.2. The molecule has 0 saturated heterocycles. The first kappa shape index (κ1) is 21.0. The van der Waals surface area contributed by atoms with Crippen molar-refractivity contribution in [3.8, 4) is 11.3 Å². The van der Waals surface area contributed by atoms with Crippen LogP contribution in [0.3, 0.4) is 0 Å². The second-order valence-electron chi connectivity index (χ2n) is 8.76. The number of carbonyl (C=O) groups excluding carboxylic acids is 2. The van der Waals surface area contributed by atoms with Gasteiger partial charge >= 0.3 is 0 Å². The van der Waals surface area contributed by atoms with Crippen LogP contribution >= 0.6 is 0 Å². The number of rotatable bonds is 5. The number of Topliss-reactive ketones (excluding diaryl/α,β-unsaturated/α-hetero) is 2. The minimum absolute atomic E-state index is 0.0492. The quantitative estimate of drug-likeness (QED) is 0.236. The highest BCUT2D eigenvalue weighted by atomic mass is 16.2. The van der Waals surface area contributed by atoms with Gasteiger partial charge in [0.25, 0.3) is 0 Å². The lowest BCUT2D eigenvalue weighted by atomic mass is 9.77. The third-order valence-electron chi connectivity index (χ3n) is 6.78. The van der Waals surface area contributed by atoms with Gasteiger partial charge < -0.3 is 4.57 Å². The zero-order valence-corrected chi connectivity index (χ0v) is 19.0. The van der Waals surface area contributed by atoms with Crippen LogP contribution < -0.4 is 0 Å². The predicted octanol–water partition coefficient (Wildman–Crippen LogP) is 6.16. The first-order valence-corrected chi connectivity index (χ1v) is 11.6. The number of benzene rings is 4. The van der Waals surface area contributed by atoms with E-state index in [-0.39, 0.29) is 18.0 Å². The molecule has 6 rings (SSSR count). The van der Waals surface area contributed by atoms with Crippen LogP contribution in [0.5, 0.6) is 0 Å². The molecule has 5 aromatic rings. The maximum Gasteiger partial charge on any atom is 0.171 e. The van der Waals surface area contributed by atoms with Gasteiger partial charge in [-0.25, -0.2) is 4.98 Å². The number of hydrogen-bond donors (Lipinski definition) is 0. The van der Waals surface area contributed by atoms with E-state index >= 15 is 0 Å². The summed E-state index contributed by atoms with van der Waals surface area (Å²) in [6.45, 7) is 0. The van der Waals surface area contributed by atoms with Crippen molar-refractivity contribution in [2.75, 3.05) is 0 Å². The Kier molecular flexibility index (Phi) is 5.00. The Morgan fingerprint density at radius 2 is 1.14 bits per heavy atom. The van der Waals surface area contributed by atoms with Crippen LogP contribution in [0.25, 0.3) is 11.3 Å². The van der Waals surface area contributed by atoms with Crippen molar-refractivity contribution >= 4 is 11.6 Å². The van der Waals surface area contributed by atoms with E-state index < -0.39 is 5.54 Å². The number of fused-ring (bicyclic) bond motifs is 1. The van der Waals surface area contributed by atoms with E-state index in [1.54, 1.807) is 12.1 Å². The van der Waals surface area contributed by atoms with Gasteiger partial charge in [-0.1, -0.05) is 97.1 Å². The maximum absolute atomic E-state index is 12.3. The molecule has 0 N–H and O–H groups in total. The van der Waals surface area contributed by atoms with Gasteiger partial charge in [-0.15, -0.1) is 0 Å². The topological polar surface area (TPSA) is 52.0 Å². The third kappa shape index (κ3) is 3.34. The Labute approximate surface area is 203 Å². The van der Waals surface area contributed by atoms with Crippen molar-refractivity contribution in [1.82, 2.24) is 9.55 Å². The van der Waals surface area contributed by atoms with Gasteiger partial charge in [0.05, 0.1) is 18.4 Å². The van der Waals surface area contributed by atoms with Crippen molar-refractivity contribution < 1.29 is 9.59 Å². The molecule has 0 unspecified atom stereocenters. The van der Waals surface area contributed by atoms with Crippen LogP contribution in [0.15, 0.2) is 122 Å². The summed E-state index contributed by atoms with van der Waals surface area (Å²) < 4.78 is 2.14. The van der Waals surface area contributed by atoms with Crippen LogP contribution in [0.2, 0.25) is 0 Å². The summed E-state index contributed by atoms with van der Waals surface area (Å²) in [5.41, 5.74) is 5.22. The second kappa shape index (κ2) is 8.33. The fourth-order valence-corrected chi connectivity index (χ4v) is 5.15. The lowest BCUT2D eigenvalue weighted by Crippen LogP contribution is -2.36.